The number of halogens is 4. The Kier molecular flexibility index (Phi) is 12.6. The van der Waals surface area contributed by atoms with Crippen molar-refractivity contribution in [3.63, 3.8) is 0 Å². The van der Waals surface area contributed by atoms with Gasteiger partial charge in [0.2, 0.25) is 5.96 Å². The van der Waals surface area contributed by atoms with E-state index in [-0.39, 0.29) is 23.7 Å². The van der Waals surface area contributed by atoms with Gasteiger partial charge < -0.3 is 34.4 Å². The molecule has 2 aliphatic rings. The molecule has 0 spiro atoms. The third-order valence-corrected chi connectivity index (χ3v) is 6.37. The second kappa shape index (κ2) is 15.6. The van der Waals surface area contributed by atoms with Gasteiger partial charge in [0.15, 0.2) is 0 Å². The average molecular weight is 609 g/mol. The first-order valence-electron chi connectivity index (χ1n) is 13.0. The summed E-state index contributed by atoms with van der Waals surface area (Å²) < 4.78 is 65.9. The Bertz CT molecular complexity index is 1350. The van der Waals surface area contributed by atoms with Crippen molar-refractivity contribution in [2.24, 2.45) is 4.99 Å². The van der Waals surface area contributed by atoms with Gasteiger partial charge >= 0.3 is 6.18 Å². The molecule has 9 nitrogen and oxygen atoms in total. The van der Waals surface area contributed by atoms with E-state index < -0.39 is 23.5 Å². The quantitative estimate of drug-likeness (QED) is 0.424. The summed E-state index contributed by atoms with van der Waals surface area (Å²) in [6, 6.07) is 11.0. The number of aliphatic hydroxyl groups is 1. The van der Waals surface area contributed by atoms with Crippen molar-refractivity contribution in [3.8, 4) is 11.5 Å². The van der Waals surface area contributed by atoms with E-state index in [0.29, 0.717) is 37.7 Å². The number of guanidine groups is 1. The molecule has 0 aliphatic carbocycles. The number of methoxy groups -OCH3 is 2. The van der Waals surface area contributed by atoms with Gasteiger partial charge in [-0.1, -0.05) is 25.3 Å². The molecule has 2 heterocycles. The lowest BCUT2D eigenvalue weighted by Gasteiger charge is -2.42. The van der Waals surface area contributed by atoms with Gasteiger partial charge in [-0.05, 0) is 30.3 Å². The van der Waals surface area contributed by atoms with Crippen LogP contribution in [-0.4, -0.2) is 81.1 Å². The van der Waals surface area contributed by atoms with E-state index in [1.807, 2.05) is 29.2 Å². The first-order chi connectivity index (χ1) is 20.4. The zero-order valence-corrected chi connectivity index (χ0v) is 24.5. The minimum absolute atomic E-state index is 0.0300. The molecule has 13 heteroatoms. The molecule has 1 fully saturated rings. The maximum absolute atomic E-state index is 14.4. The van der Waals surface area contributed by atoms with E-state index in [9.17, 15) is 17.6 Å². The summed E-state index contributed by atoms with van der Waals surface area (Å²) in [6.07, 6.45) is -3.11. The van der Waals surface area contributed by atoms with Crippen molar-refractivity contribution in [3.05, 3.63) is 84.4 Å². The van der Waals surface area contributed by atoms with E-state index in [4.69, 9.17) is 24.5 Å². The van der Waals surface area contributed by atoms with Gasteiger partial charge in [0.05, 0.1) is 32.0 Å². The number of anilines is 2. The van der Waals surface area contributed by atoms with Crippen LogP contribution in [0.3, 0.4) is 0 Å². The molecule has 0 unspecified atom stereocenters. The Morgan fingerprint density at radius 3 is 2.14 bits per heavy atom. The van der Waals surface area contributed by atoms with Crippen LogP contribution in [-0.2, 0) is 11.0 Å². The zero-order valence-electron chi connectivity index (χ0n) is 24.5. The maximum atomic E-state index is 14.4. The van der Waals surface area contributed by atoms with E-state index in [1.165, 1.54) is 19.3 Å². The molecule has 0 aromatic heterocycles. The van der Waals surface area contributed by atoms with Crippen LogP contribution in [0.5, 0.6) is 11.5 Å². The molecule has 234 valence electrons. The second-order valence-corrected chi connectivity index (χ2v) is 9.06. The Hall–Kier alpha value is -4.52. The minimum Gasteiger partial charge on any atom is -0.497 e. The molecule has 2 N–H and O–H groups in total. The monoisotopic (exact) mass is 608 g/mol. The Labute approximate surface area is 248 Å². The normalized spacial score (nSPS) is 14.9. The molecule has 43 heavy (non-hydrogen) atoms. The lowest BCUT2D eigenvalue weighted by Crippen LogP contribution is -2.55. The Balaban J connectivity index is 0.000000993. The number of carboxylic acids is 1. The lowest BCUT2D eigenvalue weighted by molar-refractivity contribution is -0.137. The van der Waals surface area contributed by atoms with Crippen LogP contribution in [0, 0.1) is 0 Å². The number of hydrogen-bond donors (Lipinski definition) is 2. The molecular weight excluding hydrogens is 572 g/mol. The molecule has 0 bridgehead atoms. The third kappa shape index (κ3) is 8.98. The number of ether oxygens (including phenoxy) is 2. The number of aliphatic carboxylic acids is 1. The number of allylic oxidation sites excluding steroid dienone is 1. The SMILES string of the molecule is C=CC1=C(C(=C)F)N=C(N2CCN(c3cccc(OC)c3)CC2)N(c2cc(C(F)(F)F)ccc2OC)C1.CC(=O)O.CO. The number of carboxylic acid groups (broad SMARTS) is 1. The Morgan fingerprint density at radius 2 is 1.63 bits per heavy atom. The number of benzene rings is 2. The fourth-order valence-electron chi connectivity index (χ4n) is 4.43. The van der Waals surface area contributed by atoms with Crippen LogP contribution in [0.2, 0.25) is 0 Å². The number of carbonyl (C=O) groups is 1. The maximum Gasteiger partial charge on any atom is 0.416 e. The van der Waals surface area contributed by atoms with Crippen molar-refractivity contribution < 1.29 is 42.0 Å². The lowest BCUT2D eigenvalue weighted by atomic mass is 10.1. The van der Waals surface area contributed by atoms with Crippen LogP contribution >= 0.6 is 0 Å². The van der Waals surface area contributed by atoms with E-state index in [0.717, 1.165) is 37.6 Å². The van der Waals surface area contributed by atoms with Crippen LogP contribution in [0.1, 0.15) is 12.5 Å². The highest BCUT2D eigenvalue weighted by Crippen LogP contribution is 2.39. The summed E-state index contributed by atoms with van der Waals surface area (Å²) in [7, 11) is 4.00. The second-order valence-electron chi connectivity index (χ2n) is 9.06. The predicted molar refractivity (Wildman–Crippen MR) is 158 cm³/mol. The van der Waals surface area contributed by atoms with Gasteiger partial charge in [-0.15, -0.1) is 0 Å². The fraction of sp³-hybridized carbons (Fsp3) is 0.333. The highest BCUT2D eigenvalue weighted by Gasteiger charge is 2.35. The van der Waals surface area contributed by atoms with E-state index >= 15 is 0 Å². The zero-order chi connectivity index (χ0) is 32.3. The smallest absolute Gasteiger partial charge is 0.416 e. The molecular formula is C30H36F4N4O5. The molecule has 2 aromatic carbocycles. The van der Waals surface area contributed by atoms with Crippen LogP contribution in [0.15, 0.2) is 83.8 Å². The van der Waals surface area contributed by atoms with Crippen molar-refractivity contribution in [2.75, 3.05) is 63.9 Å². The van der Waals surface area contributed by atoms with Gasteiger partial charge in [-0.3, -0.25) is 4.79 Å². The number of aliphatic imine (C=N–C) groups is 1. The summed E-state index contributed by atoms with van der Waals surface area (Å²) >= 11 is 0. The van der Waals surface area contributed by atoms with Crippen LogP contribution in [0.4, 0.5) is 28.9 Å². The molecule has 2 aromatic rings. The number of aliphatic hydroxyl groups excluding tert-OH is 1. The van der Waals surface area contributed by atoms with E-state index in [2.05, 4.69) is 23.1 Å². The molecule has 2 aliphatic heterocycles. The number of alkyl halides is 3. The third-order valence-electron chi connectivity index (χ3n) is 6.37. The highest BCUT2D eigenvalue weighted by molar-refractivity contribution is 6.00. The molecule has 4 rings (SSSR count). The molecule has 0 radical (unpaired) electrons. The van der Waals surface area contributed by atoms with Gasteiger partial charge in [0.25, 0.3) is 5.97 Å². The summed E-state index contributed by atoms with van der Waals surface area (Å²) in [4.78, 5) is 19.3. The summed E-state index contributed by atoms with van der Waals surface area (Å²) in [5.74, 6) is -0.269. The number of nitrogens with zero attached hydrogens (tertiary/aromatic N) is 4. The van der Waals surface area contributed by atoms with Crippen molar-refractivity contribution in [1.29, 1.82) is 0 Å². The average Bonchev–Trinajstić information content (AvgIpc) is 3.00. The molecule has 1 saturated heterocycles. The van der Waals surface area contributed by atoms with Gasteiger partial charge in [-0.2, -0.15) is 13.2 Å². The predicted octanol–water partition coefficient (Wildman–Crippen LogP) is 5.34. The van der Waals surface area contributed by atoms with Crippen molar-refractivity contribution in [2.45, 2.75) is 13.1 Å². The summed E-state index contributed by atoms with van der Waals surface area (Å²) in [5, 5.41) is 14.4. The number of piperazine rings is 1. The molecule has 0 saturated carbocycles. The highest BCUT2D eigenvalue weighted by atomic mass is 19.4. The van der Waals surface area contributed by atoms with Crippen molar-refractivity contribution in [1.82, 2.24) is 4.90 Å². The topological polar surface area (TPSA) is 98.1 Å². The fourth-order valence-corrected chi connectivity index (χ4v) is 4.43. The first-order valence-corrected chi connectivity index (χ1v) is 13.0. The number of rotatable bonds is 6. The minimum atomic E-state index is -4.55. The van der Waals surface area contributed by atoms with Gasteiger partial charge in [0.1, 0.15) is 23.0 Å². The van der Waals surface area contributed by atoms with Crippen molar-refractivity contribution >= 4 is 23.3 Å². The largest absolute Gasteiger partial charge is 0.497 e. The van der Waals surface area contributed by atoms with Gasteiger partial charge in [0, 0.05) is 57.5 Å². The van der Waals surface area contributed by atoms with Crippen LogP contribution < -0.4 is 19.3 Å². The van der Waals surface area contributed by atoms with Crippen LogP contribution in [0.25, 0.3) is 0 Å². The number of hydrogen-bond acceptors (Lipinski definition) is 8. The summed E-state index contributed by atoms with van der Waals surface area (Å²) in [6.45, 7) is 10.5. The first kappa shape index (κ1) is 34.7. The molecule has 0 amide bonds. The summed E-state index contributed by atoms with van der Waals surface area (Å²) in [5.41, 5.74) is 0.783. The van der Waals surface area contributed by atoms with Gasteiger partial charge in [-0.25, -0.2) is 9.38 Å². The Morgan fingerprint density at radius 1 is 1.02 bits per heavy atom. The molecule has 0 atom stereocenters. The van der Waals surface area contributed by atoms with E-state index in [1.54, 1.807) is 12.0 Å². The standard InChI is InChI=1S/C27H28F4N4O2.C2H4O2.CH4O/c1-5-19-17-35(23-15-20(27(29,30)31)9-10-24(23)37-4)26(32-25(19)18(2)28)34-13-11-33(12-14-34)21-7-6-8-22(16-21)36-3;1-2(3)4;1-2/h5-10,15-16H,1-2,11-14,17H2,3-4H3;1H3,(H,3,4);2H,1H3.